The Balaban J connectivity index is 1.78. The van der Waals surface area contributed by atoms with Crippen LogP contribution in [-0.4, -0.2) is 6.04 Å². The lowest BCUT2D eigenvalue weighted by Gasteiger charge is -2.36. The quantitative estimate of drug-likeness (QED) is 0.770. The van der Waals surface area contributed by atoms with Crippen LogP contribution in [0.2, 0.25) is 0 Å². The molecule has 1 fully saturated rings. The second-order valence-corrected chi connectivity index (χ2v) is 5.17. The Bertz CT molecular complexity index is 444. The molecule has 1 saturated heterocycles. The Kier molecular flexibility index (Phi) is 2.86. The molecule has 0 amide bonds. The van der Waals surface area contributed by atoms with E-state index >= 15 is 0 Å². The molecule has 0 aromatic heterocycles. The molecule has 1 aromatic rings. The number of fused-ring (bicyclic) bond motifs is 1. The van der Waals surface area contributed by atoms with Crippen LogP contribution in [0.4, 0.5) is 0 Å². The van der Waals surface area contributed by atoms with E-state index in [2.05, 4.69) is 60.8 Å². The van der Waals surface area contributed by atoms with Crippen molar-refractivity contribution < 1.29 is 0 Å². The van der Waals surface area contributed by atoms with Gasteiger partial charge in [-0.25, -0.2) is 0 Å². The maximum absolute atomic E-state index is 3.77. The predicted octanol–water partition coefficient (Wildman–Crippen LogP) is 3.61. The highest BCUT2D eigenvalue weighted by molar-refractivity contribution is 5.28. The zero-order valence-corrected chi connectivity index (χ0v) is 10.3. The average molecular weight is 225 g/mol. The van der Waals surface area contributed by atoms with Crippen molar-refractivity contribution in [1.29, 1.82) is 0 Å². The maximum Gasteiger partial charge on any atom is 0.0326 e. The standard InChI is InChI=1S/C16H19N/c1-12-7-8-14-9-10-15(17-16(14)11-12)13-5-3-2-4-6-13/h2-8,11,14-17H,9-10H2,1H3. The third kappa shape index (κ3) is 2.20. The van der Waals surface area contributed by atoms with E-state index in [1.165, 1.54) is 24.0 Å². The smallest absolute Gasteiger partial charge is 0.0326 e. The Morgan fingerprint density at radius 1 is 1.12 bits per heavy atom. The normalized spacial score (nSPS) is 31.8. The van der Waals surface area contributed by atoms with Gasteiger partial charge in [-0.15, -0.1) is 0 Å². The number of nitrogens with one attached hydrogen (secondary N) is 1. The highest BCUT2D eigenvalue weighted by atomic mass is 15.0. The maximum atomic E-state index is 3.77. The van der Waals surface area contributed by atoms with Crippen LogP contribution in [0.3, 0.4) is 0 Å². The van der Waals surface area contributed by atoms with Crippen molar-refractivity contribution in [2.45, 2.75) is 31.8 Å². The molecule has 3 atom stereocenters. The minimum Gasteiger partial charge on any atom is -0.303 e. The zero-order chi connectivity index (χ0) is 11.7. The number of allylic oxidation sites excluding steroid dienone is 2. The van der Waals surface area contributed by atoms with Gasteiger partial charge in [0.15, 0.2) is 0 Å². The highest BCUT2D eigenvalue weighted by Gasteiger charge is 2.28. The van der Waals surface area contributed by atoms with Crippen molar-refractivity contribution >= 4 is 0 Å². The Morgan fingerprint density at radius 3 is 2.76 bits per heavy atom. The van der Waals surface area contributed by atoms with Crippen molar-refractivity contribution in [3.05, 3.63) is 59.7 Å². The van der Waals surface area contributed by atoms with Crippen LogP contribution < -0.4 is 5.32 Å². The third-order valence-corrected chi connectivity index (χ3v) is 3.89. The lowest BCUT2D eigenvalue weighted by Crippen LogP contribution is -2.42. The Hall–Kier alpha value is -1.34. The van der Waals surface area contributed by atoms with Gasteiger partial charge in [0.05, 0.1) is 0 Å². The predicted molar refractivity (Wildman–Crippen MR) is 71.7 cm³/mol. The second-order valence-electron chi connectivity index (χ2n) is 5.17. The van der Waals surface area contributed by atoms with Crippen LogP contribution in [-0.2, 0) is 0 Å². The minimum absolute atomic E-state index is 0.521. The van der Waals surface area contributed by atoms with Crippen LogP contribution >= 0.6 is 0 Å². The fourth-order valence-corrected chi connectivity index (χ4v) is 2.93. The first-order chi connectivity index (χ1) is 8.33. The largest absolute Gasteiger partial charge is 0.303 e. The molecule has 17 heavy (non-hydrogen) atoms. The molecule has 1 N–H and O–H groups in total. The first-order valence-electron chi connectivity index (χ1n) is 6.50. The molecule has 0 saturated carbocycles. The van der Waals surface area contributed by atoms with Crippen LogP contribution in [0.5, 0.6) is 0 Å². The summed E-state index contributed by atoms with van der Waals surface area (Å²) < 4.78 is 0. The lowest BCUT2D eigenvalue weighted by atomic mass is 9.82. The second kappa shape index (κ2) is 4.50. The molecule has 3 unspecified atom stereocenters. The van der Waals surface area contributed by atoms with Gasteiger partial charge < -0.3 is 5.32 Å². The van der Waals surface area contributed by atoms with E-state index in [1.54, 1.807) is 0 Å². The third-order valence-electron chi connectivity index (χ3n) is 3.89. The van der Waals surface area contributed by atoms with Gasteiger partial charge in [-0.3, -0.25) is 0 Å². The van der Waals surface area contributed by atoms with Crippen molar-refractivity contribution in [2.75, 3.05) is 0 Å². The van der Waals surface area contributed by atoms with Gasteiger partial charge in [0.25, 0.3) is 0 Å². The van der Waals surface area contributed by atoms with E-state index in [0.717, 1.165) is 0 Å². The van der Waals surface area contributed by atoms with Gasteiger partial charge in [-0.2, -0.15) is 0 Å². The molecule has 0 bridgehead atoms. The SMILES string of the molecule is CC1=CC2NC(c3ccccc3)CCC2C=C1. The summed E-state index contributed by atoms with van der Waals surface area (Å²) >= 11 is 0. The number of rotatable bonds is 1. The van der Waals surface area contributed by atoms with Crippen molar-refractivity contribution in [3.8, 4) is 0 Å². The molecule has 1 nitrogen and oxygen atoms in total. The molecular formula is C16H19N. The fraction of sp³-hybridized carbons (Fsp3) is 0.375. The van der Waals surface area contributed by atoms with E-state index in [1.807, 2.05) is 0 Å². The van der Waals surface area contributed by atoms with Crippen LogP contribution in [0, 0.1) is 5.92 Å². The molecule has 0 radical (unpaired) electrons. The Morgan fingerprint density at radius 2 is 1.94 bits per heavy atom. The monoisotopic (exact) mass is 225 g/mol. The fourth-order valence-electron chi connectivity index (χ4n) is 2.93. The van der Waals surface area contributed by atoms with E-state index in [9.17, 15) is 0 Å². The first kappa shape index (κ1) is 10.8. The summed E-state index contributed by atoms with van der Waals surface area (Å²) in [6.07, 6.45) is 9.53. The number of hydrogen-bond acceptors (Lipinski definition) is 1. The van der Waals surface area contributed by atoms with Gasteiger partial charge in [-0.05, 0) is 31.2 Å². The van der Waals surface area contributed by atoms with E-state index in [4.69, 9.17) is 0 Å². The van der Waals surface area contributed by atoms with E-state index < -0.39 is 0 Å². The molecule has 1 aliphatic heterocycles. The molecular weight excluding hydrogens is 206 g/mol. The molecule has 0 spiro atoms. The summed E-state index contributed by atoms with van der Waals surface area (Å²) in [4.78, 5) is 0. The van der Waals surface area contributed by atoms with Gasteiger partial charge in [0.2, 0.25) is 0 Å². The van der Waals surface area contributed by atoms with Crippen molar-refractivity contribution in [1.82, 2.24) is 5.32 Å². The minimum atomic E-state index is 0.521. The molecule has 1 heteroatoms. The van der Waals surface area contributed by atoms with Gasteiger partial charge in [0, 0.05) is 12.1 Å². The zero-order valence-electron chi connectivity index (χ0n) is 10.3. The topological polar surface area (TPSA) is 12.0 Å². The summed E-state index contributed by atoms with van der Waals surface area (Å²) in [6, 6.07) is 11.9. The van der Waals surface area contributed by atoms with Crippen molar-refractivity contribution in [2.24, 2.45) is 5.92 Å². The average Bonchev–Trinajstić information content (AvgIpc) is 2.39. The molecule has 2 aliphatic rings. The first-order valence-corrected chi connectivity index (χ1v) is 6.50. The molecule has 3 rings (SSSR count). The van der Waals surface area contributed by atoms with Crippen LogP contribution in [0.1, 0.15) is 31.4 Å². The molecule has 1 heterocycles. The van der Waals surface area contributed by atoms with E-state index in [-0.39, 0.29) is 0 Å². The van der Waals surface area contributed by atoms with Gasteiger partial charge >= 0.3 is 0 Å². The van der Waals surface area contributed by atoms with Gasteiger partial charge in [0.1, 0.15) is 0 Å². The van der Waals surface area contributed by atoms with E-state index in [0.29, 0.717) is 18.0 Å². The molecule has 88 valence electrons. The van der Waals surface area contributed by atoms with Crippen LogP contribution in [0.15, 0.2) is 54.1 Å². The Labute approximate surface area is 103 Å². The number of benzene rings is 1. The highest BCUT2D eigenvalue weighted by Crippen LogP contribution is 2.32. The molecule has 1 aromatic carbocycles. The summed E-state index contributed by atoms with van der Waals surface area (Å²) in [6.45, 7) is 2.18. The van der Waals surface area contributed by atoms with Crippen LogP contribution in [0.25, 0.3) is 0 Å². The summed E-state index contributed by atoms with van der Waals surface area (Å²) in [5.41, 5.74) is 2.80. The van der Waals surface area contributed by atoms with Crippen molar-refractivity contribution in [3.63, 3.8) is 0 Å². The summed E-state index contributed by atoms with van der Waals surface area (Å²) in [7, 11) is 0. The number of hydrogen-bond donors (Lipinski definition) is 1. The number of piperidine rings is 1. The molecule has 1 aliphatic carbocycles. The lowest BCUT2D eigenvalue weighted by molar-refractivity contribution is 0.302. The summed E-state index contributed by atoms with van der Waals surface area (Å²) in [5.74, 6) is 0.693. The summed E-state index contributed by atoms with van der Waals surface area (Å²) in [5, 5.41) is 3.77. The van der Waals surface area contributed by atoms with Gasteiger partial charge in [-0.1, -0.05) is 54.1 Å².